The third-order valence-corrected chi connectivity index (χ3v) is 8.53. The van der Waals surface area contributed by atoms with E-state index in [-0.39, 0.29) is 5.92 Å². The van der Waals surface area contributed by atoms with Gasteiger partial charge in [-0.3, -0.25) is 4.72 Å². The molecule has 2 aromatic carbocycles. The van der Waals surface area contributed by atoms with E-state index in [1.807, 2.05) is 24.3 Å². The van der Waals surface area contributed by atoms with E-state index in [2.05, 4.69) is 43.8 Å². The molecular formula is C21H17BrN2O2S2. The van der Waals surface area contributed by atoms with Gasteiger partial charge in [-0.15, -0.1) is 11.3 Å². The van der Waals surface area contributed by atoms with Crippen LogP contribution in [0, 0.1) is 0 Å². The summed E-state index contributed by atoms with van der Waals surface area (Å²) < 4.78 is 29.6. The summed E-state index contributed by atoms with van der Waals surface area (Å²) in [7, 11) is -3.59. The predicted molar refractivity (Wildman–Crippen MR) is 118 cm³/mol. The number of benzene rings is 2. The van der Waals surface area contributed by atoms with Gasteiger partial charge in [-0.2, -0.15) is 0 Å². The molecule has 1 aliphatic rings. The number of aromatic amines is 1. The quantitative estimate of drug-likeness (QED) is 0.389. The number of fused-ring (bicyclic) bond motifs is 3. The third-order valence-electron chi connectivity index (χ3n) is 5.27. The van der Waals surface area contributed by atoms with Gasteiger partial charge in [-0.05, 0) is 59.7 Å². The number of sulfonamides is 1. The third kappa shape index (κ3) is 2.98. The minimum Gasteiger partial charge on any atom is -0.358 e. The lowest BCUT2D eigenvalue weighted by Crippen LogP contribution is -2.14. The van der Waals surface area contributed by atoms with Crippen LogP contribution < -0.4 is 4.72 Å². The monoisotopic (exact) mass is 472 g/mol. The zero-order valence-corrected chi connectivity index (χ0v) is 18.0. The van der Waals surface area contributed by atoms with Crippen molar-refractivity contribution in [2.24, 2.45) is 0 Å². The smallest absolute Gasteiger partial charge is 0.271 e. The second-order valence-corrected chi connectivity index (χ2v) is 10.7. The van der Waals surface area contributed by atoms with Crippen molar-refractivity contribution in [2.45, 2.75) is 23.0 Å². The zero-order chi connectivity index (χ0) is 19.3. The molecule has 2 aromatic heterocycles. The largest absolute Gasteiger partial charge is 0.358 e. The first-order valence-electron chi connectivity index (χ1n) is 8.98. The molecule has 0 radical (unpaired) electrons. The fraction of sp³-hybridized carbons (Fsp3) is 0.143. The van der Waals surface area contributed by atoms with E-state index in [9.17, 15) is 8.42 Å². The number of aryl methyl sites for hydroxylation is 1. The second kappa shape index (κ2) is 6.76. The molecule has 1 atom stereocenters. The molecule has 0 bridgehead atoms. The fourth-order valence-electron chi connectivity index (χ4n) is 4.06. The van der Waals surface area contributed by atoms with Gasteiger partial charge in [0.25, 0.3) is 10.0 Å². The molecule has 0 amide bonds. The minimum absolute atomic E-state index is 0.126. The van der Waals surface area contributed by atoms with E-state index in [0.29, 0.717) is 9.90 Å². The second-order valence-electron chi connectivity index (χ2n) is 6.92. The average Bonchev–Trinajstić information content (AvgIpc) is 3.40. The van der Waals surface area contributed by atoms with Gasteiger partial charge in [0.1, 0.15) is 4.21 Å². The molecule has 4 aromatic rings. The molecule has 2 heterocycles. The van der Waals surface area contributed by atoms with Gasteiger partial charge in [-0.25, -0.2) is 8.42 Å². The SMILES string of the molecule is O=S(=O)(Nc1ccc(Br)cc1C1CCc2c1[nH]c1ccccc21)c1cccs1. The van der Waals surface area contributed by atoms with Crippen molar-refractivity contribution in [1.82, 2.24) is 4.98 Å². The van der Waals surface area contributed by atoms with Crippen molar-refractivity contribution in [2.75, 3.05) is 4.72 Å². The average molecular weight is 473 g/mol. The highest BCUT2D eigenvalue weighted by Gasteiger charge is 2.30. The molecule has 0 aliphatic heterocycles. The molecule has 28 heavy (non-hydrogen) atoms. The Labute approximate surface area is 175 Å². The summed E-state index contributed by atoms with van der Waals surface area (Å²) in [5.41, 5.74) is 5.28. The summed E-state index contributed by atoms with van der Waals surface area (Å²) in [6, 6.07) is 17.4. The zero-order valence-electron chi connectivity index (χ0n) is 14.8. The van der Waals surface area contributed by atoms with Crippen LogP contribution in [0.25, 0.3) is 10.9 Å². The maximum absolute atomic E-state index is 12.8. The molecular weight excluding hydrogens is 456 g/mol. The summed E-state index contributed by atoms with van der Waals surface area (Å²) >= 11 is 4.77. The highest BCUT2D eigenvalue weighted by molar-refractivity contribution is 9.10. The van der Waals surface area contributed by atoms with Crippen LogP contribution in [0.4, 0.5) is 5.69 Å². The molecule has 4 nitrogen and oxygen atoms in total. The molecule has 1 unspecified atom stereocenters. The van der Waals surface area contributed by atoms with E-state index in [0.717, 1.165) is 28.4 Å². The number of hydrogen-bond donors (Lipinski definition) is 2. The first-order valence-corrected chi connectivity index (χ1v) is 12.1. The van der Waals surface area contributed by atoms with Crippen molar-refractivity contribution >= 4 is 53.9 Å². The van der Waals surface area contributed by atoms with E-state index in [4.69, 9.17) is 0 Å². The van der Waals surface area contributed by atoms with Crippen LogP contribution in [0.3, 0.4) is 0 Å². The van der Waals surface area contributed by atoms with Crippen LogP contribution in [-0.2, 0) is 16.4 Å². The summed E-state index contributed by atoms with van der Waals surface area (Å²) in [5, 5.41) is 3.03. The lowest BCUT2D eigenvalue weighted by molar-refractivity contribution is 0.603. The first-order chi connectivity index (χ1) is 13.5. The Bertz CT molecular complexity index is 1280. The number of rotatable bonds is 4. The van der Waals surface area contributed by atoms with E-state index in [1.54, 1.807) is 17.5 Å². The van der Waals surface area contributed by atoms with Crippen LogP contribution in [-0.4, -0.2) is 13.4 Å². The van der Waals surface area contributed by atoms with Crippen LogP contribution in [0.15, 0.2) is 68.7 Å². The molecule has 7 heteroatoms. The molecule has 2 N–H and O–H groups in total. The number of hydrogen-bond acceptors (Lipinski definition) is 3. The Morgan fingerprint density at radius 3 is 2.79 bits per heavy atom. The Morgan fingerprint density at radius 1 is 1.11 bits per heavy atom. The molecule has 5 rings (SSSR count). The van der Waals surface area contributed by atoms with E-state index in [1.165, 1.54) is 28.0 Å². The van der Waals surface area contributed by atoms with Gasteiger partial charge in [0.15, 0.2) is 0 Å². The van der Waals surface area contributed by atoms with Crippen LogP contribution in [0.1, 0.15) is 29.2 Å². The summed E-state index contributed by atoms with van der Waals surface area (Å²) in [4.78, 5) is 3.57. The standard InChI is InChI=1S/C21H17BrN2O2S2/c22-13-7-10-19(24-28(25,26)20-6-3-11-27-20)17(12-13)16-9-8-15-14-4-1-2-5-18(14)23-21(15)16/h1-7,10-12,16,23-24H,8-9H2. The minimum atomic E-state index is -3.59. The molecule has 0 fully saturated rings. The van der Waals surface area contributed by atoms with Crippen LogP contribution in [0.5, 0.6) is 0 Å². The molecule has 0 spiro atoms. The number of H-pyrrole nitrogens is 1. The summed E-state index contributed by atoms with van der Waals surface area (Å²) in [6.45, 7) is 0. The highest BCUT2D eigenvalue weighted by atomic mass is 79.9. The van der Waals surface area contributed by atoms with Gasteiger partial charge >= 0.3 is 0 Å². The number of aromatic nitrogens is 1. The highest BCUT2D eigenvalue weighted by Crippen LogP contribution is 2.44. The maximum Gasteiger partial charge on any atom is 0.271 e. The van der Waals surface area contributed by atoms with Crippen LogP contribution in [0.2, 0.25) is 0 Å². The number of thiophene rings is 1. The summed E-state index contributed by atoms with van der Waals surface area (Å²) in [5.74, 6) is 0.126. The Kier molecular flexibility index (Phi) is 4.34. The Balaban J connectivity index is 1.60. The molecule has 0 saturated carbocycles. The molecule has 0 saturated heterocycles. The molecule has 1 aliphatic carbocycles. The number of para-hydroxylation sites is 1. The van der Waals surface area contributed by atoms with Gasteiger partial charge in [-0.1, -0.05) is 40.2 Å². The lowest BCUT2D eigenvalue weighted by atomic mass is 9.95. The van der Waals surface area contributed by atoms with Gasteiger partial charge in [0.05, 0.1) is 5.69 Å². The number of anilines is 1. The van der Waals surface area contributed by atoms with Crippen molar-refractivity contribution in [3.05, 3.63) is 81.3 Å². The first kappa shape index (κ1) is 18.0. The fourth-order valence-corrected chi connectivity index (χ4v) is 6.52. The predicted octanol–water partition coefficient (Wildman–Crippen LogP) is 5.87. The van der Waals surface area contributed by atoms with Gasteiger partial charge in [0, 0.05) is 27.0 Å². The van der Waals surface area contributed by atoms with Crippen molar-refractivity contribution in [3.63, 3.8) is 0 Å². The van der Waals surface area contributed by atoms with Crippen molar-refractivity contribution in [1.29, 1.82) is 0 Å². The lowest BCUT2D eigenvalue weighted by Gasteiger charge is -2.18. The van der Waals surface area contributed by atoms with E-state index < -0.39 is 10.0 Å². The Morgan fingerprint density at radius 2 is 1.96 bits per heavy atom. The van der Waals surface area contributed by atoms with Gasteiger partial charge in [0.2, 0.25) is 0 Å². The number of halogens is 1. The summed E-state index contributed by atoms with van der Waals surface area (Å²) in [6.07, 6.45) is 1.93. The molecule has 142 valence electrons. The maximum atomic E-state index is 12.8. The Hall–Kier alpha value is -2.09. The van der Waals surface area contributed by atoms with Gasteiger partial charge < -0.3 is 4.98 Å². The normalized spacial score (nSPS) is 16.4. The topological polar surface area (TPSA) is 62.0 Å². The van der Waals surface area contributed by atoms with Crippen LogP contribution >= 0.6 is 27.3 Å². The van der Waals surface area contributed by atoms with Crippen molar-refractivity contribution in [3.8, 4) is 0 Å². The number of nitrogens with one attached hydrogen (secondary N) is 2. The van der Waals surface area contributed by atoms with Crippen molar-refractivity contribution < 1.29 is 8.42 Å². The van der Waals surface area contributed by atoms with E-state index >= 15 is 0 Å².